The van der Waals surface area contributed by atoms with Crippen LogP contribution in [0.2, 0.25) is 0 Å². The zero-order valence-electron chi connectivity index (χ0n) is 19.2. The van der Waals surface area contributed by atoms with E-state index < -0.39 is 5.82 Å². The van der Waals surface area contributed by atoms with Crippen molar-refractivity contribution < 1.29 is 9.18 Å². The molecular formula is C26H28FN5O. The van der Waals surface area contributed by atoms with Gasteiger partial charge in [0.05, 0.1) is 23.7 Å². The third kappa shape index (κ3) is 5.72. The van der Waals surface area contributed by atoms with Crippen molar-refractivity contribution in [2.45, 2.75) is 39.8 Å². The van der Waals surface area contributed by atoms with Crippen LogP contribution in [0.4, 0.5) is 10.3 Å². The molecule has 7 heteroatoms. The summed E-state index contributed by atoms with van der Waals surface area (Å²) in [5.41, 5.74) is 1.73. The van der Waals surface area contributed by atoms with Crippen LogP contribution in [0, 0.1) is 17.1 Å². The Morgan fingerprint density at radius 3 is 2.45 bits per heavy atom. The Bertz CT molecular complexity index is 1130. The highest BCUT2D eigenvalue weighted by molar-refractivity contribution is 6.00. The van der Waals surface area contributed by atoms with Crippen molar-refractivity contribution in [1.82, 2.24) is 14.9 Å². The van der Waals surface area contributed by atoms with E-state index in [2.05, 4.69) is 16.0 Å². The van der Waals surface area contributed by atoms with Gasteiger partial charge in [-0.1, -0.05) is 42.5 Å². The van der Waals surface area contributed by atoms with Crippen molar-refractivity contribution in [2.24, 2.45) is 0 Å². The van der Waals surface area contributed by atoms with E-state index in [1.165, 1.54) is 12.3 Å². The highest BCUT2D eigenvalue weighted by Crippen LogP contribution is 2.28. The molecule has 0 bridgehead atoms. The van der Waals surface area contributed by atoms with E-state index in [-0.39, 0.29) is 28.8 Å². The molecule has 3 rings (SSSR count). The molecule has 170 valence electrons. The van der Waals surface area contributed by atoms with Gasteiger partial charge >= 0.3 is 0 Å². The molecule has 0 fully saturated rings. The van der Waals surface area contributed by atoms with E-state index in [1.54, 1.807) is 23.1 Å². The van der Waals surface area contributed by atoms with Gasteiger partial charge in [0.2, 0.25) is 5.95 Å². The SMILES string of the molecule is CCN(CCC#N)c1ncc(C(=O)N(Cc2ccccc2)C(C)C)c(-c2ccccc2F)n1. The Hall–Kier alpha value is -3.79. The first-order valence-corrected chi connectivity index (χ1v) is 11.0. The van der Waals surface area contributed by atoms with Crippen LogP contribution in [-0.4, -0.2) is 39.9 Å². The Morgan fingerprint density at radius 1 is 1.12 bits per heavy atom. The number of amides is 1. The lowest BCUT2D eigenvalue weighted by molar-refractivity contribution is 0.0690. The number of carbonyl (C=O) groups is 1. The molecule has 3 aromatic rings. The number of hydrogen-bond acceptors (Lipinski definition) is 5. The summed E-state index contributed by atoms with van der Waals surface area (Å²) < 4.78 is 14.8. The topological polar surface area (TPSA) is 73.1 Å². The van der Waals surface area contributed by atoms with Crippen LogP contribution in [0.5, 0.6) is 0 Å². The minimum atomic E-state index is -0.463. The number of benzene rings is 2. The standard InChI is InChI=1S/C26H28FN5O/c1-4-31(16-10-15-28)26-29-17-22(24(30-26)21-13-8-9-14-23(21)27)25(33)32(19(2)3)18-20-11-6-5-7-12-20/h5-9,11-14,17,19H,4,10,16,18H2,1-3H3. The summed E-state index contributed by atoms with van der Waals surface area (Å²) in [7, 11) is 0. The Labute approximate surface area is 194 Å². The minimum Gasteiger partial charge on any atom is -0.340 e. The molecule has 0 saturated heterocycles. The molecule has 0 N–H and O–H groups in total. The first-order valence-electron chi connectivity index (χ1n) is 11.0. The number of aromatic nitrogens is 2. The quantitative estimate of drug-likeness (QED) is 0.460. The largest absolute Gasteiger partial charge is 0.340 e. The molecule has 0 aliphatic heterocycles. The fourth-order valence-electron chi connectivity index (χ4n) is 3.55. The van der Waals surface area contributed by atoms with Gasteiger partial charge in [0, 0.05) is 37.4 Å². The molecule has 0 aliphatic carbocycles. The maximum absolute atomic E-state index is 14.8. The smallest absolute Gasteiger partial charge is 0.258 e. The predicted octanol–water partition coefficient (Wildman–Crippen LogP) is 5.07. The first-order chi connectivity index (χ1) is 16.0. The van der Waals surface area contributed by atoms with Gasteiger partial charge in [0.1, 0.15) is 5.82 Å². The van der Waals surface area contributed by atoms with E-state index in [4.69, 9.17) is 5.26 Å². The van der Waals surface area contributed by atoms with Crippen molar-refractivity contribution in [1.29, 1.82) is 5.26 Å². The van der Waals surface area contributed by atoms with Gasteiger partial charge in [0.15, 0.2) is 0 Å². The zero-order chi connectivity index (χ0) is 23.8. The van der Waals surface area contributed by atoms with Crippen LogP contribution in [0.1, 0.15) is 43.1 Å². The summed E-state index contributed by atoms with van der Waals surface area (Å²) in [6, 6.07) is 18.0. The number of hydrogen-bond donors (Lipinski definition) is 0. The Balaban J connectivity index is 2.08. The van der Waals surface area contributed by atoms with Crippen LogP contribution in [0.15, 0.2) is 60.8 Å². The third-order valence-electron chi connectivity index (χ3n) is 5.37. The summed E-state index contributed by atoms with van der Waals surface area (Å²) in [5, 5.41) is 8.96. The van der Waals surface area contributed by atoms with Gasteiger partial charge in [-0.25, -0.2) is 14.4 Å². The zero-order valence-corrected chi connectivity index (χ0v) is 19.2. The van der Waals surface area contributed by atoms with Crippen molar-refractivity contribution >= 4 is 11.9 Å². The van der Waals surface area contributed by atoms with Crippen LogP contribution < -0.4 is 4.90 Å². The highest BCUT2D eigenvalue weighted by atomic mass is 19.1. The van der Waals surface area contributed by atoms with E-state index >= 15 is 0 Å². The summed E-state index contributed by atoms with van der Waals surface area (Å²) >= 11 is 0. The molecule has 0 unspecified atom stereocenters. The van der Waals surface area contributed by atoms with Gasteiger partial charge in [-0.3, -0.25) is 4.79 Å². The molecule has 2 aromatic carbocycles. The fraction of sp³-hybridized carbons (Fsp3) is 0.308. The lowest BCUT2D eigenvalue weighted by atomic mass is 10.0. The number of nitriles is 1. The van der Waals surface area contributed by atoms with E-state index in [0.29, 0.717) is 32.0 Å². The summed E-state index contributed by atoms with van der Waals surface area (Å²) in [6.07, 6.45) is 1.78. The lowest BCUT2D eigenvalue weighted by Crippen LogP contribution is -2.37. The molecule has 0 aliphatic rings. The second kappa shape index (κ2) is 11.2. The molecule has 1 amide bonds. The van der Waals surface area contributed by atoms with Crippen molar-refractivity contribution in [3.05, 3.63) is 77.7 Å². The third-order valence-corrected chi connectivity index (χ3v) is 5.37. The van der Waals surface area contributed by atoms with Gasteiger partial charge in [0.25, 0.3) is 5.91 Å². The molecule has 1 heterocycles. The monoisotopic (exact) mass is 445 g/mol. The lowest BCUT2D eigenvalue weighted by Gasteiger charge is -2.28. The first kappa shape index (κ1) is 23.9. The number of anilines is 1. The van der Waals surface area contributed by atoms with E-state index in [1.807, 2.05) is 56.0 Å². The second-order valence-corrected chi connectivity index (χ2v) is 7.91. The molecule has 33 heavy (non-hydrogen) atoms. The Morgan fingerprint density at radius 2 is 1.82 bits per heavy atom. The predicted molar refractivity (Wildman–Crippen MR) is 127 cm³/mol. The molecule has 0 spiro atoms. The van der Waals surface area contributed by atoms with Crippen molar-refractivity contribution in [2.75, 3.05) is 18.0 Å². The van der Waals surface area contributed by atoms with Crippen LogP contribution in [-0.2, 0) is 6.54 Å². The number of nitrogens with zero attached hydrogens (tertiary/aromatic N) is 5. The van der Waals surface area contributed by atoms with Gasteiger partial charge in [-0.2, -0.15) is 5.26 Å². The normalized spacial score (nSPS) is 10.7. The van der Waals surface area contributed by atoms with Crippen LogP contribution in [0.3, 0.4) is 0 Å². The molecule has 1 aromatic heterocycles. The van der Waals surface area contributed by atoms with Gasteiger partial charge in [-0.15, -0.1) is 0 Å². The number of rotatable bonds is 9. The van der Waals surface area contributed by atoms with E-state index in [0.717, 1.165) is 5.56 Å². The molecular weight excluding hydrogens is 417 g/mol. The second-order valence-electron chi connectivity index (χ2n) is 7.91. The Kier molecular flexibility index (Phi) is 8.09. The number of carbonyl (C=O) groups excluding carboxylic acids is 1. The maximum atomic E-state index is 14.8. The summed E-state index contributed by atoms with van der Waals surface area (Å²) in [6.45, 7) is 7.27. The molecule has 6 nitrogen and oxygen atoms in total. The molecule has 0 radical (unpaired) electrons. The minimum absolute atomic E-state index is 0.0892. The fourth-order valence-corrected chi connectivity index (χ4v) is 3.55. The van der Waals surface area contributed by atoms with Gasteiger partial charge in [-0.05, 0) is 38.5 Å². The van der Waals surface area contributed by atoms with Crippen LogP contribution >= 0.6 is 0 Å². The highest BCUT2D eigenvalue weighted by Gasteiger charge is 2.26. The summed E-state index contributed by atoms with van der Waals surface area (Å²) in [5.74, 6) is -0.365. The molecule has 0 saturated carbocycles. The summed E-state index contributed by atoms with van der Waals surface area (Å²) in [4.78, 5) is 26.3. The van der Waals surface area contributed by atoms with E-state index in [9.17, 15) is 9.18 Å². The van der Waals surface area contributed by atoms with Gasteiger partial charge < -0.3 is 9.80 Å². The van der Waals surface area contributed by atoms with Crippen molar-refractivity contribution in [3.8, 4) is 17.3 Å². The average molecular weight is 446 g/mol. The number of halogens is 1. The molecule has 0 atom stereocenters. The maximum Gasteiger partial charge on any atom is 0.258 e. The average Bonchev–Trinajstić information content (AvgIpc) is 2.83. The van der Waals surface area contributed by atoms with Crippen molar-refractivity contribution in [3.63, 3.8) is 0 Å². The van der Waals surface area contributed by atoms with Crippen LogP contribution in [0.25, 0.3) is 11.3 Å².